The maximum atomic E-state index is 11.7. The third-order valence-corrected chi connectivity index (χ3v) is 2.95. The Morgan fingerprint density at radius 1 is 1.27 bits per heavy atom. The van der Waals surface area contributed by atoms with Crippen molar-refractivity contribution >= 4 is 5.97 Å². The van der Waals surface area contributed by atoms with E-state index in [1.54, 1.807) is 0 Å². The van der Waals surface area contributed by atoms with Crippen LogP contribution in [-0.2, 0) is 9.53 Å². The van der Waals surface area contributed by atoms with Gasteiger partial charge in [0, 0.05) is 6.54 Å². The molecule has 0 aromatic rings. The molecule has 0 heterocycles. The lowest BCUT2D eigenvalue weighted by Gasteiger charge is -2.23. The van der Waals surface area contributed by atoms with Gasteiger partial charge in [-0.25, -0.2) is 0 Å². The summed E-state index contributed by atoms with van der Waals surface area (Å²) in [5.74, 6) is -0.149. The van der Waals surface area contributed by atoms with Crippen LogP contribution in [-0.4, -0.2) is 19.1 Å². The van der Waals surface area contributed by atoms with Crippen molar-refractivity contribution < 1.29 is 9.53 Å². The van der Waals surface area contributed by atoms with Gasteiger partial charge < -0.3 is 10.5 Å². The zero-order chi connectivity index (χ0) is 11.7. The Bertz CT molecular complexity index is 176. The first kappa shape index (κ1) is 14.4. The predicted octanol–water partition coefficient (Wildman–Crippen LogP) is 2.48. The van der Waals surface area contributed by atoms with Crippen molar-refractivity contribution in [3.05, 3.63) is 0 Å². The molecule has 1 unspecified atom stereocenters. The van der Waals surface area contributed by atoms with E-state index in [4.69, 9.17) is 10.5 Å². The summed E-state index contributed by atoms with van der Waals surface area (Å²) in [5.41, 5.74) is 5.07. The molecule has 0 aromatic carbocycles. The zero-order valence-electron chi connectivity index (χ0n) is 10.3. The number of ether oxygens (including phenoxy) is 1. The van der Waals surface area contributed by atoms with E-state index in [9.17, 15) is 4.79 Å². The molecule has 0 amide bonds. The van der Waals surface area contributed by atoms with Gasteiger partial charge in [0.15, 0.2) is 0 Å². The van der Waals surface area contributed by atoms with Gasteiger partial charge >= 0.3 is 5.97 Å². The number of unbranched alkanes of at least 4 members (excludes halogenated alkanes) is 3. The van der Waals surface area contributed by atoms with Crippen LogP contribution in [0.15, 0.2) is 0 Å². The van der Waals surface area contributed by atoms with E-state index >= 15 is 0 Å². The van der Waals surface area contributed by atoms with E-state index in [-0.39, 0.29) is 5.97 Å². The van der Waals surface area contributed by atoms with E-state index in [0.29, 0.717) is 13.2 Å². The second kappa shape index (κ2) is 7.69. The molecule has 0 bridgehead atoms. The van der Waals surface area contributed by atoms with Crippen molar-refractivity contribution in [3.63, 3.8) is 0 Å². The monoisotopic (exact) mass is 215 g/mol. The fourth-order valence-corrected chi connectivity index (χ4v) is 1.24. The smallest absolute Gasteiger partial charge is 0.313 e. The fraction of sp³-hybridized carbons (Fsp3) is 0.917. The number of hydrogen-bond donors (Lipinski definition) is 1. The van der Waals surface area contributed by atoms with Crippen molar-refractivity contribution in [3.8, 4) is 0 Å². The first-order valence-electron chi connectivity index (χ1n) is 5.98. The number of nitrogens with two attached hydrogens (primary N) is 1. The molecular formula is C12H25NO2. The van der Waals surface area contributed by atoms with E-state index in [1.165, 1.54) is 12.8 Å². The van der Waals surface area contributed by atoms with Crippen LogP contribution in [0.5, 0.6) is 0 Å². The number of hydrogen-bond acceptors (Lipinski definition) is 3. The summed E-state index contributed by atoms with van der Waals surface area (Å²) in [6.45, 7) is 6.88. The molecule has 15 heavy (non-hydrogen) atoms. The molecule has 0 rings (SSSR count). The maximum absolute atomic E-state index is 11.7. The molecule has 90 valence electrons. The third-order valence-electron chi connectivity index (χ3n) is 2.95. The van der Waals surface area contributed by atoms with Crippen LogP contribution in [0.3, 0.4) is 0 Å². The summed E-state index contributed by atoms with van der Waals surface area (Å²) in [6, 6.07) is 0. The summed E-state index contributed by atoms with van der Waals surface area (Å²) >= 11 is 0. The summed E-state index contributed by atoms with van der Waals surface area (Å²) in [5, 5.41) is 0. The van der Waals surface area contributed by atoms with Crippen LogP contribution in [0.2, 0.25) is 0 Å². The second-order valence-corrected chi connectivity index (χ2v) is 4.31. The molecule has 0 saturated heterocycles. The van der Waals surface area contributed by atoms with E-state index < -0.39 is 5.41 Å². The number of rotatable bonds is 8. The Labute approximate surface area is 93.4 Å². The first-order valence-corrected chi connectivity index (χ1v) is 5.98. The van der Waals surface area contributed by atoms with Gasteiger partial charge in [0.05, 0.1) is 12.0 Å². The topological polar surface area (TPSA) is 52.3 Å². The quantitative estimate of drug-likeness (QED) is 0.500. The molecule has 1 atom stereocenters. The molecule has 0 saturated carbocycles. The summed E-state index contributed by atoms with van der Waals surface area (Å²) < 4.78 is 5.22. The highest BCUT2D eigenvalue weighted by atomic mass is 16.5. The normalized spacial score (nSPS) is 14.7. The van der Waals surface area contributed by atoms with Gasteiger partial charge in [-0.15, -0.1) is 0 Å². The lowest BCUT2D eigenvalue weighted by molar-refractivity contribution is -0.154. The van der Waals surface area contributed by atoms with E-state index in [2.05, 4.69) is 6.92 Å². The predicted molar refractivity (Wildman–Crippen MR) is 62.6 cm³/mol. The molecule has 0 aliphatic rings. The minimum absolute atomic E-state index is 0.149. The summed E-state index contributed by atoms with van der Waals surface area (Å²) in [7, 11) is 0. The molecule has 0 aliphatic heterocycles. The molecule has 0 spiro atoms. The van der Waals surface area contributed by atoms with Crippen LogP contribution >= 0.6 is 0 Å². The SMILES string of the molecule is CCCCCCOC(=O)C(C)(CC)CN. The van der Waals surface area contributed by atoms with Crippen molar-refractivity contribution in [2.45, 2.75) is 52.9 Å². The number of carbonyl (C=O) groups is 1. The highest BCUT2D eigenvalue weighted by Gasteiger charge is 2.31. The largest absolute Gasteiger partial charge is 0.465 e. The maximum Gasteiger partial charge on any atom is 0.313 e. The minimum atomic E-state index is -0.495. The highest BCUT2D eigenvalue weighted by Crippen LogP contribution is 2.21. The van der Waals surface area contributed by atoms with Gasteiger partial charge in [-0.2, -0.15) is 0 Å². The Kier molecular flexibility index (Phi) is 7.39. The lowest BCUT2D eigenvalue weighted by Crippen LogP contribution is -2.36. The second-order valence-electron chi connectivity index (χ2n) is 4.31. The zero-order valence-corrected chi connectivity index (χ0v) is 10.3. The Balaban J connectivity index is 3.73. The van der Waals surface area contributed by atoms with E-state index in [1.807, 2.05) is 13.8 Å². The van der Waals surface area contributed by atoms with E-state index in [0.717, 1.165) is 19.3 Å². The van der Waals surface area contributed by atoms with Gasteiger partial charge in [0.25, 0.3) is 0 Å². The fourth-order valence-electron chi connectivity index (χ4n) is 1.24. The Morgan fingerprint density at radius 3 is 2.40 bits per heavy atom. The summed E-state index contributed by atoms with van der Waals surface area (Å²) in [6.07, 6.45) is 5.24. The standard InChI is InChI=1S/C12H25NO2/c1-4-6-7-8-9-15-11(14)12(3,5-2)10-13/h4-10,13H2,1-3H3. The van der Waals surface area contributed by atoms with Gasteiger partial charge in [-0.3, -0.25) is 4.79 Å². The van der Waals surface area contributed by atoms with Crippen molar-refractivity contribution in [2.75, 3.05) is 13.2 Å². The van der Waals surface area contributed by atoms with Crippen LogP contribution in [0.25, 0.3) is 0 Å². The molecule has 0 fully saturated rings. The molecule has 0 aromatic heterocycles. The molecule has 3 heteroatoms. The van der Waals surface area contributed by atoms with Gasteiger partial charge in [-0.1, -0.05) is 33.1 Å². The minimum Gasteiger partial charge on any atom is -0.465 e. The highest BCUT2D eigenvalue weighted by molar-refractivity contribution is 5.76. The average Bonchev–Trinajstić information content (AvgIpc) is 2.27. The van der Waals surface area contributed by atoms with Crippen molar-refractivity contribution in [1.82, 2.24) is 0 Å². The Hall–Kier alpha value is -0.570. The summed E-state index contributed by atoms with van der Waals surface area (Å²) in [4.78, 5) is 11.7. The molecule has 2 N–H and O–H groups in total. The lowest BCUT2D eigenvalue weighted by atomic mass is 9.88. The first-order chi connectivity index (χ1) is 7.10. The molecule has 3 nitrogen and oxygen atoms in total. The third kappa shape index (κ3) is 5.17. The van der Waals surface area contributed by atoms with Gasteiger partial charge in [0.1, 0.15) is 0 Å². The van der Waals surface area contributed by atoms with Crippen molar-refractivity contribution in [2.24, 2.45) is 11.1 Å². The van der Waals surface area contributed by atoms with Crippen molar-refractivity contribution in [1.29, 1.82) is 0 Å². The molecule has 0 radical (unpaired) electrons. The molecule has 0 aliphatic carbocycles. The number of carbonyl (C=O) groups excluding carboxylic acids is 1. The molecular weight excluding hydrogens is 190 g/mol. The average molecular weight is 215 g/mol. The van der Waals surface area contributed by atoms with Gasteiger partial charge in [-0.05, 0) is 19.8 Å². The van der Waals surface area contributed by atoms with Crippen LogP contribution in [0.4, 0.5) is 0 Å². The number of esters is 1. The van der Waals surface area contributed by atoms with Gasteiger partial charge in [0.2, 0.25) is 0 Å². The van der Waals surface area contributed by atoms with Crippen LogP contribution in [0.1, 0.15) is 52.9 Å². The Morgan fingerprint density at radius 2 is 1.93 bits per heavy atom. The van der Waals surface area contributed by atoms with Crippen LogP contribution < -0.4 is 5.73 Å². The van der Waals surface area contributed by atoms with Crippen LogP contribution in [0, 0.1) is 5.41 Å².